The van der Waals surface area contributed by atoms with Crippen LogP contribution in [0.2, 0.25) is 0 Å². The zero-order valence-corrected chi connectivity index (χ0v) is 28.2. The van der Waals surface area contributed by atoms with E-state index in [0.29, 0.717) is 41.2 Å². The fraction of sp³-hybridized carbons (Fsp3) is 0.389. The molecular weight excluding hydrogens is 636 g/mol. The summed E-state index contributed by atoms with van der Waals surface area (Å²) in [6, 6.07) is 15.0. The first kappa shape index (κ1) is 36.7. The highest BCUT2D eigenvalue weighted by Crippen LogP contribution is 2.29. The second-order valence-electron chi connectivity index (χ2n) is 11.7. The van der Waals surface area contributed by atoms with E-state index in [1.807, 2.05) is 13.8 Å². The number of ether oxygens (including phenoxy) is 6. The van der Waals surface area contributed by atoms with E-state index in [2.05, 4.69) is 5.32 Å². The summed E-state index contributed by atoms with van der Waals surface area (Å²) in [7, 11) is 4.48. The van der Waals surface area contributed by atoms with Gasteiger partial charge in [0.25, 0.3) is 5.91 Å². The Bertz CT molecular complexity index is 1620. The molecule has 13 nitrogen and oxygen atoms in total. The molecule has 3 aromatic rings. The van der Waals surface area contributed by atoms with Crippen molar-refractivity contribution in [2.45, 2.75) is 44.8 Å². The van der Waals surface area contributed by atoms with E-state index >= 15 is 0 Å². The smallest absolute Gasteiger partial charge is 0.407 e. The standard InChI is InChI=1S/C36H42N2O11/c1-22(2)27-17-25(12-14-30(27)47-20-44-3)34(40)37-29-19-38(36(42)43)16-6-7-32(29)49-35(41)24-10-8-23(9-11-24)33(39)28-18-26(46-5)13-15-31(28)48-21-45-4/h8-15,17-18,22,29,32H,6-7,16,19-21H2,1-5H3,(H,37,40)(H,42,43)/t29-,32-/m1/s1. The predicted molar refractivity (Wildman–Crippen MR) is 178 cm³/mol. The number of likely N-dealkylation sites (tertiary alicyclic amines) is 1. The highest BCUT2D eigenvalue weighted by atomic mass is 16.7. The number of carbonyl (C=O) groups is 4. The van der Waals surface area contributed by atoms with Crippen LogP contribution in [0.3, 0.4) is 0 Å². The van der Waals surface area contributed by atoms with E-state index in [1.54, 1.807) is 36.4 Å². The molecule has 1 saturated heterocycles. The van der Waals surface area contributed by atoms with E-state index in [9.17, 15) is 24.3 Å². The Morgan fingerprint density at radius 1 is 0.857 bits per heavy atom. The molecule has 0 spiro atoms. The molecule has 0 radical (unpaired) electrons. The van der Waals surface area contributed by atoms with Gasteiger partial charge in [0, 0.05) is 38.4 Å². The van der Waals surface area contributed by atoms with Crippen molar-refractivity contribution in [3.63, 3.8) is 0 Å². The van der Waals surface area contributed by atoms with Gasteiger partial charge in [-0.1, -0.05) is 26.0 Å². The maximum absolute atomic E-state index is 13.5. The Balaban J connectivity index is 1.52. The molecule has 1 heterocycles. The summed E-state index contributed by atoms with van der Waals surface area (Å²) >= 11 is 0. The molecule has 2 amide bonds. The van der Waals surface area contributed by atoms with E-state index in [0.717, 1.165) is 5.56 Å². The highest BCUT2D eigenvalue weighted by Gasteiger charge is 2.34. The summed E-state index contributed by atoms with van der Waals surface area (Å²) in [5.74, 6) is -0.0898. The fourth-order valence-corrected chi connectivity index (χ4v) is 5.41. The molecular formula is C36H42N2O11. The van der Waals surface area contributed by atoms with Crippen molar-refractivity contribution in [3.8, 4) is 17.2 Å². The lowest BCUT2D eigenvalue weighted by molar-refractivity contribution is 0.0179. The van der Waals surface area contributed by atoms with Gasteiger partial charge in [-0.25, -0.2) is 9.59 Å². The van der Waals surface area contributed by atoms with Crippen LogP contribution in [0.25, 0.3) is 0 Å². The van der Waals surface area contributed by atoms with Gasteiger partial charge < -0.3 is 43.7 Å². The van der Waals surface area contributed by atoms with Crippen LogP contribution in [0.1, 0.15) is 74.8 Å². The van der Waals surface area contributed by atoms with E-state index in [1.165, 1.54) is 50.5 Å². The van der Waals surface area contributed by atoms with Crippen molar-refractivity contribution < 1.29 is 52.7 Å². The van der Waals surface area contributed by atoms with Gasteiger partial charge in [0.2, 0.25) is 0 Å². The lowest BCUT2D eigenvalue weighted by Gasteiger charge is -2.28. The molecule has 0 saturated carbocycles. The number of amides is 2. The molecule has 1 aliphatic rings. The third-order valence-electron chi connectivity index (χ3n) is 8.00. The van der Waals surface area contributed by atoms with Gasteiger partial charge in [-0.15, -0.1) is 0 Å². The summed E-state index contributed by atoms with van der Waals surface area (Å²) in [5.41, 5.74) is 1.87. The first-order valence-electron chi connectivity index (χ1n) is 15.8. The average Bonchev–Trinajstić information content (AvgIpc) is 3.31. The Kier molecular flexibility index (Phi) is 13.0. The number of rotatable bonds is 14. The fourth-order valence-electron chi connectivity index (χ4n) is 5.41. The molecule has 2 atom stereocenters. The molecule has 4 rings (SSSR count). The van der Waals surface area contributed by atoms with Gasteiger partial charge in [0.05, 0.1) is 24.3 Å². The van der Waals surface area contributed by atoms with E-state index in [4.69, 9.17) is 28.4 Å². The Labute approximate surface area is 285 Å². The van der Waals surface area contributed by atoms with Crippen molar-refractivity contribution >= 4 is 23.8 Å². The van der Waals surface area contributed by atoms with Gasteiger partial charge in [-0.2, -0.15) is 0 Å². The molecule has 1 fully saturated rings. The normalized spacial score (nSPS) is 16.0. The number of carbonyl (C=O) groups excluding carboxylic acids is 3. The lowest BCUT2D eigenvalue weighted by atomic mass is 9.98. The van der Waals surface area contributed by atoms with Crippen molar-refractivity contribution in [1.82, 2.24) is 10.2 Å². The minimum absolute atomic E-state index is 0.0388. The van der Waals surface area contributed by atoms with Crippen molar-refractivity contribution in [2.24, 2.45) is 0 Å². The number of hydrogen-bond donors (Lipinski definition) is 2. The van der Waals surface area contributed by atoms with Crippen LogP contribution in [0.4, 0.5) is 4.79 Å². The molecule has 2 N–H and O–H groups in total. The molecule has 0 unspecified atom stereocenters. The number of nitrogens with one attached hydrogen (secondary N) is 1. The van der Waals surface area contributed by atoms with Gasteiger partial charge in [0.1, 0.15) is 23.4 Å². The maximum atomic E-state index is 13.5. The summed E-state index contributed by atoms with van der Waals surface area (Å²) in [6.45, 7) is 4.08. The number of carboxylic acid groups (broad SMARTS) is 1. The minimum atomic E-state index is -1.14. The van der Waals surface area contributed by atoms with Crippen molar-refractivity contribution in [3.05, 3.63) is 88.5 Å². The number of methoxy groups -OCH3 is 3. The zero-order valence-electron chi connectivity index (χ0n) is 28.2. The van der Waals surface area contributed by atoms with Gasteiger partial charge in [-0.05, 0) is 72.9 Å². The molecule has 1 aliphatic heterocycles. The third kappa shape index (κ3) is 9.48. The van der Waals surface area contributed by atoms with Crippen molar-refractivity contribution in [2.75, 3.05) is 48.0 Å². The molecule has 3 aromatic carbocycles. The van der Waals surface area contributed by atoms with Gasteiger partial charge in [0.15, 0.2) is 19.4 Å². The first-order chi connectivity index (χ1) is 23.6. The molecule has 0 bridgehead atoms. The molecule has 0 aliphatic carbocycles. The zero-order chi connectivity index (χ0) is 35.5. The van der Waals surface area contributed by atoms with Crippen LogP contribution < -0.4 is 19.5 Å². The predicted octanol–water partition coefficient (Wildman–Crippen LogP) is 5.11. The number of esters is 1. The largest absolute Gasteiger partial charge is 0.497 e. The minimum Gasteiger partial charge on any atom is -0.497 e. The van der Waals surface area contributed by atoms with Crippen LogP contribution in [0.5, 0.6) is 17.2 Å². The van der Waals surface area contributed by atoms with Gasteiger partial charge >= 0.3 is 12.1 Å². The SMILES string of the molecule is COCOc1ccc(OC)cc1C(=O)c1ccc(C(=O)O[C@@H]2CCCN(C(=O)O)C[C@H]2NC(=O)c2ccc(OCOC)c(C(C)C)c2)cc1. The van der Waals surface area contributed by atoms with Crippen LogP contribution in [0, 0.1) is 0 Å². The average molecular weight is 679 g/mol. The highest BCUT2D eigenvalue weighted by molar-refractivity contribution is 6.11. The summed E-state index contributed by atoms with van der Waals surface area (Å²) < 4.78 is 32.4. The van der Waals surface area contributed by atoms with Gasteiger partial charge in [-0.3, -0.25) is 9.59 Å². The Morgan fingerprint density at radius 2 is 1.49 bits per heavy atom. The topological polar surface area (TPSA) is 159 Å². The van der Waals surface area contributed by atoms with Crippen molar-refractivity contribution in [1.29, 1.82) is 0 Å². The van der Waals surface area contributed by atoms with Crippen LogP contribution in [0.15, 0.2) is 60.7 Å². The summed E-state index contributed by atoms with van der Waals surface area (Å²) in [5, 5.41) is 12.7. The van der Waals surface area contributed by atoms with E-state index < -0.39 is 30.1 Å². The summed E-state index contributed by atoms with van der Waals surface area (Å²) in [4.78, 5) is 53.4. The van der Waals surface area contributed by atoms with Crippen LogP contribution >= 0.6 is 0 Å². The second-order valence-corrected chi connectivity index (χ2v) is 11.7. The molecule has 49 heavy (non-hydrogen) atoms. The quantitative estimate of drug-likeness (QED) is 0.133. The molecule has 262 valence electrons. The third-order valence-corrected chi connectivity index (χ3v) is 8.00. The van der Waals surface area contributed by atoms with E-state index in [-0.39, 0.29) is 49.5 Å². The first-order valence-corrected chi connectivity index (χ1v) is 15.8. The Morgan fingerprint density at radius 3 is 2.12 bits per heavy atom. The number of nitrogens with zero attached hydrogens (tertiary/aromatic N) is 1. The maximum Gasteiger partial charge on any atom is 0.407 e. The molecule has 13 heteroatoms. The molecule has 0 aromatic heterocycles. The lowest BCUT2D eigenvalue weighted by Crippen LogP contribution is -2.51. The second kappa shape index (κ2) is 17.3. The Hall–Kier alpha value is -5.14. The number of hydrogen-bond acceptors (Lipinski definition) is 10. The van der Waals surface area contributed by atoms with Crippen LogP contribution in [-0.4, -0.2) is 93.9 Å². The monoisotopic (exact) mass is 678 g/mol. The summed E-state index contributed by atoms with van der Waals surface area (Å²) in [6.07, 6.45) is -1.23. The number of benzene rings is 3. The van der Waals surface area contributed by atoms with Crippen LogP contribution in [-0.2, 0) is 14.2 Å². The number of ketones is 1.